The van der Waals surface area contributed by atoms with Crippen molar-refractivity contribution in [1.82, 2.24) is 10.2 Å². The van der Waals surface area contributed by atoms with Gasteiger partial charge in [-0.25, -0.2) is 4.79 Å². The Labute approximate surface area is 110 Å². The molecule has 18 heavy (non-hydrogen) atoms. The Balaban J connectivity index is 2.78. The number of carbonyl (C=O) groups is 1. The third-order valence-corrected chi connectivity index (χ3v) is 3.87. The highest BCUT2D eigenvalue weighted by Crippen LogP contribution is 2.27. The van der Waals surface area contributed by atoms with Crippen molar-refractivity contribution in [2.75, 3.05) is 13.1 Å². The summed E-state index contributed by atoms with van der Waals surface area (Å²) >= 11 is 0. The number of nitrogens with two attached hydrogens (primary N) is 1. The highest BCUT2D eigenvalue weighted by Gasteiger charge is 2.36. The van der Waals surface area contributed by atoms with Crippen LogP contribution in [0.15, 0.2) is 0 Å². The van der Waals surface area contributed by atoms with Crippen LogP contribution in [0.1, 0.15) is 52.4 Å². The second-order valence-corrected chi connectivity index (χ2v) is 5.01. The Morgan fingerprint density at radius 3 is 2.11 bits per heavy atom. The van der Waals surface area contributed by atoms with Gasteiger partial charge in [0.15, 0.2) is 0 Å². The average molecular weight is 254 g/mol. The molecule has 1 aliphatic rings. The molecule has 4 N–H and O–H groups in total. The van der Waals surface area contributed by atoms with Crippen molar-refractivity contribution < 1.29 is 4.79 Å². The molecule has 0 aliphatic heterocycles. The van der Waals surface area contributed by atoms with Gasteiger partial charge < -0.3 is 16.0 Å². The Morgan fingerprint density at radius 2 is 1.72 bits per heavy atom. The fourth-order valence-electron chi connectivity index (χ4n) is 2.59. The SMILES string of the molecule is CCN(CC)C(=O)NC1(C(=N)N)CCCCCC1. The largest absolute Gasteiger partial charge is 0.386 e. The van der Waals surface area contributed by atoms with Gasteiger partial charge in [-0.1, -0.05) is 25.7 Å². The molecule has 0 radical (unpaired) electrons. The molecular weight excluding hydrogens is 228 g/mol. The highest BCUT2D eigenvalue weighted by molar-refractivity contribution is 5.91. The number of rotatable bonds is 4. The molecule has 5 nitrogen and oxygen atoms in total. The molecule has 0 aromatic rings. The van der Waals surface area contributed by atoms with Crippen LogP contribution >= 0.6 is 0 Å². The second kappa shape index (κ2) is 6.61. The van der Waals surface area contributed by atoms with Crippen LogP contribution in [0.25, 0.3) is 0 Å². The summed E-state index contributed by atoms with van der Waals surface area (Å²) in [6, 6.07) is -0.0999. The van der Waals surface area contributed by atoms with Crippen LogP contribution in [0.2, 0.25) is 0 Å². The molecule has 2 amide bonds. The average Bonchev–Trinajstić information content (AvgIpc) is 2.57. The lowest BCUT2D eigenvalue weighted by Crippen LogP contribution is -2.59. The molecular formula is C13H26N4O. The number of nitrogens with zero attached hydrogens (tertiary/aromatic N) is 1. The van der Waals surface area contributed by atoms with Crippen LogP contribution in [0, 0.1) is 5.41 Å². The van der Waals surface area contributed by atoms with E-state index in [1.54, 1.807) is 4.90 Å². The van der Waals surface area contributed by atoms with Crippen molar-refractivity contribution >= 4 is 11.9 Å². The monoisotopic (exact) mass is 254 g/mol. The van der Waals surface area contributed by atoms with Gasteiger partial charge in [0, 0.05) is 13.1 Å². The first-order valence-electron chi connectivity index (χ1n) is 6.97. The molecule has 0 aromatic carbocycles. The predicted molar refractivity (Wildman–Crippen MR) is 73.8 cm³/mol. The summed E-state index contributed by atoms with van der Waals surface area (Å²) in [5.74, 6) is 0.102. The molecule has 0 aromatic heterocycles. The summed E-state index contributed by atoms with van der Waals surface area (Å²) in [5.41, 5.74) is 5.14. The molecule has 0 saturated heterocycles. The smallest absolute Gasteiger partial charge is 0.318 e. The summed E-state index contributed by atoms with van der Waals surface area (Å²) in [6.45, 7) is 5.26. The van der Waals surface area contributed by atoms with Crippen molar-refractivity contribution in [1.29, 1.82) is 5.41 Å². The van der Waals surface area contributed by atoms with Gasteiger partial charge in [-0.3, -0.25) is 5.41 Å². The lowest BCUT2D eigenvalue weighted by molar-refractivity contribution is 0.192. The van der Waals surface area contributed by atoms with Gasteiger partial charge in [-0.2, -0.15) is 0 Å². The van der Waals surface area contributed by atoms with Gasteiger partial charge in [0.2, 0.25) is 0 Å². The lowest BCUT2D eigenvalue weighted by atomic mass is 9.89. The molecule has 1 rings (SSSR count). The molecule has 0 bridgehead atoms. The van der Waals surface area contributed by atoms with Crippen molar-refractivity contribution in [2.24, 2.45) is 5.73 Å². The van der Waals surface area contributed by atoms with Crippen molar-refractivity contribution in [2.45, 2.75) is 57.9 Å². The maximum atomic E-state index is 12.2. The first-order valence-corrected chi connectivity index (χ1v) is 6.97. The van der Waals surface area contributed by atoms with Gasteiger partial charge in [0.1, 0.15) is 5.84 Å². The number of amides is 2. The first kappa shape index (κ1) is 14.8. The van der Waals surface area contributed by atoms with Crippen LogP contribution < -0.4 is 11.1 Å². The fourth-order valence-corrected chi connectivity index (χ4v) is 2.59. The van der Waals surface area contributed by atoms with E-state index in [1.165, 1.54) is 0 Å². The normalized spacial score (nSPS) is 18.8. The van der Waals surface area contributed by atoms with Crippen LogP contribution in [0.4, 0.5) is 4.79 Å². The van der Waals surface area contributed by atoms with E-state index in [0.29, 0.717) is 13.1 Å². The summed E-state index contributed by atoms with van der Waals surface area (Å²) in [7, 11) is 0. The molecule has 5 heteroatoms. The molecule has 0 spiro atoms. The van der Waals surface area contributed by atoms with Gasteiger partial charge in [0.25, 0.3) is 0 Å². The molecule has 0 heterocycles. The maximum absolute atomic E-state index is 12.2. The Hall–Kier alpha value is -1.26. The van der Waals surface area contributed by atoms with Crippen LogP contribution in [0.3, 0.4) is 0 Å². The molecule has 0 unspecified atom stereocenters. The third kappa shape index (κ3) is 3.37. The van der Waals surface area contributed by atoms with E-state index in [2.05, 4.69) is 5.32 Å². The predicted octanol–water partition coefficient (Wildman–Crippen LogP) is 2.07. The topological polar surface area (TPSA) is 82.2 Å². The molecule has 1 fully saturated rings. The van der Waals surface area contributed by atoms with E-state index >= 15 is 0 Å². The quantitative estimate of drug-likeness (QED) is 0.408. The highest BCUT2D eigenvalue weighted by atomic mass is 16.2. The molecule has 104 valence electrons. The van der Waals surface area contributed by atoms with E-state index in [-0.39, 0.29) is 11.9 Å². The zero-order valence-electron chi connectivity index (χ0n) is 11.6. The van der Waals surface area contributed by atoms with E-state index in [0.717, 1.165) is 38.5 Å². The Kier molecular flexibility index (Phi) is 5.44. The second-order valence-electron chi connectivity index (χ2n) is 5.01. The molecule has 1 aliphatic carbocycles. The van der Waals surface area contributed by atoms with E-state index < -0.39 is 5.54 Å². The van der Waals surface area contributed by atoms with Crippen LogP contribution in [-0.4, -0.2) is 35.4 Å². The first-order chi connectivity index (χ1) is 8.55. The minimum Gasteiger partial charge on any atom is -0.386 e. The zero-order valence-corrected chi connectivity index (χ0v) is 11.6. The van der Waals surface area contributed by atoms with Gasteiger partial charge in [0.05, 0.1) is 5.54 Å². The number of hydrogen-bond acceptors (Lipinski definition) is 2. The zero-order chi connectivity index (χ0) is 13.6. The fraction of sp³-hybridized carbons (Fsp3) is 0.846. The summed E-state index contributed by atoms with van der Waals surface area (Å²) in [6.07, 6.45) is 5.95. The maximum Gasteiger partial charge on any atom is 0.318 e. The van der Waals surface area contributed by atoms with Crippen molar-refractivity contribution in [3.63, 3.8) is 0 Å². The molecule has 0 atom stereocenters. The number of carbonyl (C=O) groups excluding carboxylic acids is 1. The minimum atomic E-state index is -0.615. The number of urea groups is 1. The molecule has 1 saturated carbocycles. The van der Waals surface area contributed by atoms with Crippen molar-refractivity contribution in [3.8, 4) is 0 Å². The number of nitrogens with one attached hydrogen (secondary N) is 2. The van der Waals surface area contributed by atoms with Crippen LogP contribution in [-0.2, 0) is 0 Å². The van der Waals surface area contributed by atoms with E-state index in [9.17, 15) is 4.79 Å². The van der Waals surface area contributed by atoms with Gasteiger partial charge in [-0.05, 0) is 26.7 Å². The number of hydrogen-bond donors (Lipinski definition) is 3. The van der Waals surface area contributed by atoms with E-state index in [4.69, 9.17) is 11.1 Å². The Bertz CT molecular complexity index is 291. The van der Waals surface area contributed by atoms with Crippen molar-refractivity contribution in [3.05, 3.63) is 0 Å². The van der Waals surface area contributed by atoms with E-state index in [1.807, 2.05) is 13.8 Å². The van der Waals surface area contributed by atoms with Crippen LogP contribution in [0.5, 0.6) is 0 Å². The summed E-state index contributed by atoms with van der Waals surface area (Å²) in [5, 5.41) is 10.8. The lowest BCUT2D eigenvalue weighted by Gasteiger charge is -2.34. The standard InChI is InChI=1S/C13H26N4O/c1-3-17(4-2)12(18)16-13(11(14)15)9-7-5-6-8-10-13/h3-10H2,1-2H3,(H3,14,15)(H,16,18). The third-order valence-electron chi connectivity index (χ3n) is 3.87. The summed E-state index contributed by atoms with van der Waals surface area (Å²) < 4.78 is 0. The summed E-state index contributed by atoms with van der Waals surface area (Å²) in [4.78, 5) is 13.9. The van der Waals surface area contributed by atoms with Gasteiger partial charge >= 0.3 is 6.03 Å². The van der Waals surface area contributed by atoms with Gasteiger partial charge in [-0.15, -0.1) is 0 Å². The Morgan fingerprint density at radius 1 is 1.22 bits per heavy atom. The minimum absolute atomic E-state index is 0.0999. The number of amidine groups is 1.